The van der Waals surface area contributed by atoms with E-state index in [4.69, 9.17) is 13.9 Å². The summed E-state index contributed by atoms with van der Waals surface area (Å²) < 4.78 is 16.7. The number of aromatic nitrogens is 1. The summed E-state index contributed by atoms with van der Waals surface area (Å²) in [5, 5.41) is 0.999. The van der Waals surface area contributed by atoms with Crippen molar-refractivity contribution < 1.29 is 18.7 Å². The molecule has 3 aromatic rings. The molecule has 0 fully saturated rings. The zero-order chi connectivity index (χ0) is 17.6. The molecule has 1 aromatic carbocycles. The van der Waals surface area contributed by atoms with Crippen LogP contribution >= 0.6 is 0 Å². The molecule has 0 radical (unpaired) electrons. The second kappa shape index (κ2) is 7.66. The van der Waals surface area contributed by atoms with Gasteiger partial charge in [0.25, 0.3) is 0 Å². The van der Waals surface area contributed by atoms with E-state index in [1.54, 1.807) is 12.4 Å². The minimum absolute atomic E-state index is 0.0714. The number of furan rings is 1. The first-order chi connectivity index (χ1) is 12.2. The highest BCUT2D eigenvalue weighted by Crippen LogP contribution is 2.29. The Hall–Kier alpha value is -3.08. The van der Waals surface area contributed by atoms with Crippen molar-refractivity contribution in [2.45, 2.75) is 6.92 Å². The molecule has 2 aromatic heterocycles. The number of rotatable bonds is 7. The fourth-order valence-corrected chi connectivity index (χ4v) is 2.32. The molecule has 25 heavy (non-hydrogen) atoms. The lowest BCUT2D eigenvalue weighted by atomic mass is 10.2. The fourth-order valence-electron chi connectivity index (χ4n) is 2.32. The Bertz CT molecular complexity index is 870. The average Bonchev–Trinajstić information content (AvgIpc) is 3.08. The molecular formula is C20H19NO4. The summed E-state index contributed by atoms with van der Waals surface area (Å²) in [5.74, 6) is 1.13. The highest BCUT2D eigenvalue weighted by atomic mass is 16.5. The molecule has 0 saturated carbocycles. The zero-order valence-electron chi connectivity index (χ0n) is 14.0. The van der Waals surface area contributed by atoms with Crippen LogP contribution in [0, 0.1) is 5.92 Å². The summed E-state index contributed by atoms with van der Waals surface area (Å²) in [5.41, 5.74) is 1.68. The van der Waals surface area contributed by atoms with Crippen molar-refractivity contribution in [2.24, 2.45) is 5.92 Å². The molecule has 0 aliphatic rings. The summed E-state index contributed by atoms with van der Waals surface area (Å²) in [6, 6.07) is 11.5. The van der Waals surface area contributed by atoms with Crippen LogP contribution in [0.3, 0.4) is 0 Å². The first-order valence-corrected chi connectivity index (χ1v) is 8.01. The van der Waals surface area contributed by atoms with Crippen LogP contribution in [0.25, 0.3) is 22.3 Å². The van der Waals surface area contributed by atoms with Crippen LogP contribution in [0.5, 0.6) is 5.75 Å². The van der Waals surface area contributed by atoms with Crippen LogP contribution in [-0.4, -0.2) is 24.2 Å². The number of pyridine rings is 1. The Morgan fingerprint density at radius 3 is 2.96 bits per heavy atom. The van der Waals surface area contributed by atoms with E-state index in [9.17, 15) is 4.79 Å². The maximum Gasteiger partial charge on any atom is 0.330 e. The normalized spacial score (nSPS) is 11.9. The minimum atomic E-state index is -0.424. The van der Waals surface area contributed by atoms with Crippen molar-refractivity contribution in [3.05, 3.63) is 61.4 Å². The smallest absolute Gasteiger partial charge is 0.330 e. The first kappa shape index (κ1) is 16.8. The number of ether oxygens (including phenoxy) is 2. The quantitative estimate of drug-likeness (QED) is 0.477. The van der Waals surface area contributed by atoms with E-state index in [0.717, 1.165) is 28.4 Å². The topological polar surface area (TPSA) is 61.6 Å². The van der Waals surface area contributed by atoms with Crippen LogP contribution in [-0.2, 0) is 9.53 Å². The summed E-state index contributed by atoms with van der Waals surface area (Å²) in [6.45, 7) is 6.04. The van der Waals surface area contributed by atoms with Gasteiger partial charge in [0.1, 0.15) is 17.1 Å². The summed E-state index contributed by atoms with van der Waals surface area (Å²) in [6.07, 6.45) is 4.64. The van der Waals surface area contributed by atoms with Gasteiger partial charge in [0.15, 0.2) is 0 Å². The van der Waals surface area contributed by atoms with E-state index < -0.39 is 5.97 Å². The van der Waals surface area contributed by atoms with Crippen LogP contribution in [0.2, 0.25) is 0 Å². The Kier molecular flexibility index (Phi) is 5.14. The number of esters is 1. The van der Waals surface area contributed by atoms with Gasteiger partial charge in [-0.05, 0) is 30.3 Å². The molecule has 1 atom stereocenters. The standard InChI is InChI=1S/C20H19NO4/c1-3-20(22)24-13-14(2)12-23-17-7-6-15-9-18(25-19(15)10-17)16-5-4-8-21-11-16/h3-11,14H,1,12-13H2,2H3. The Morgan fingerprint density at radius 2 is 2.20 bits per heavy atom. The van der Waals surface area contributed by atoms with Crippen molar-refractivity contribution in [3.63, 3.8) is 0 Å². The molecule has 3 rings (SSSR count). The molecule has 0 amide bonds. The second-order valence-electron chi connectivity index (χ2n) is 5.80. The third-order valence-electron chi connectivity index (χ3n) is 3.65. The summed E-state index contributed by atoms with van der Waals surface area (Å²) in [7, 11) is 0. The van der Waals surface area contributed by atoms with Crippen molar-refractivity contribution in [2.75, 3.05) is 13.2 Å². The van der Waals surface area contributed by atoms with Crippen LogP contribution in [0.15, 0.2) is 65.9 Å². The second-order valence-corrected chi connectivity index (χ2v) is 5.80. The van der Waals surface area contributed by atoms with Gasteiger partial charge < -0.3 is 13.9 Å². The van der Waals surface area contributed by atoms with Gasteiger partial charge >= 0.3 is 5.97 Å². The zero-order valence-corrected chi connectivity index (χ0v) is 14.0. The van der Waals surface area contributed by atoms with Gasteiger partial charge in [0, 0.05) is 41.4 Å². The Labute approximate surface area is 145 Å². The van der Waals surface area contributed by atoms with Crippen molar-refractivity contribution in [1.82, 2.24) is 4.98 Å². The highest BCUT2D eigenvalue weighted by molar-refractivity contribution is 5.83. The maximum absolute atomic E-state index is 11.1. The van der Waals surface area contributed by atoms with Gasteiger partial charge in [-0.2, -0.15) is 0 Å². The lowest BCUT2D eigenvalue weighted by molar-refractivity contribution is -0.139. The molecule has 1 unspecified atom stereocenters. The van der Waals surface area contributed by atoms with E-state index in [0.29, 0.717) is 19.0 Å². The predicted molar refractivity (Wildman–Crippen MR) is 95.3 cm³/mol. The largest absolute Gasteiger partial charge is 0.493 e. The minimum Gasteiger partial charge on any atom is -0.493 e. The predicted octanol–water partition coefficient (Wildman–Crippen LogP) is 4.24. The highest BCUT2D eigenvalue weighted by Gasteiger charge is 2.09. The van der Waals surface area contributed by atoms with Crippen LogP contribution in [0.4, 0.5) is 0 Å². The Morgan fingerprint density at radius 1 is 1.32 bits per heavy atom. The first-order valence-electron chi connectivity index (χ1n) is 8.01. The third-order valence-corrected chi connectivity index (χ3v) is 3.65. The van der Waals surface area contributed by atoms with Gasteiger partial charge in [-0.1, -0.05) is 13.5 Å². The SMILES string of the molecule is C=CC(=O)OCC(C)COc1ccc2cc(-c3cccnc3)oc2c1. The van der Waals surface area contributed by atoms with Gasteiger partial charge in [0.05, 0.1) is 13.2 Å². The van der Waals surface area contributed by atoms with E-state index in [1.807, 2.05) is 43.3 Å². The number of hydrogen-bond donors (Lipinski definition) is 0. The van der Waals surface area contributed by atoms with Gasteiger partial charge in [-0.3, -0.25) is 4.98 Å². The molecule has 0 aliphatic heterocycles. The molecule has 0 saturated heterocycles. The number of benzene rings is 1. The molecule has 2 heterocycles. The summed E-state index contributed by atoms with van der Waals surface area (Å²) >= 11 is 0. The lowest BCUT2D eigenvalue weighted by Crippen LogP contribution is -2.16. The van der Waals surface area contributed by atoms with Gasteiger partial charge in [-0.15, -0.1) is 0 Å². The molecule has 0 spiro atoms. The van der Waals surface area contributed by atoms with Crippen LogP contribution in [0.1, 0.15) is 6.92 Å². The van der Waals surface area contributed by atoms with E-state index >= 15 is 0 Å². The van der Waals surface area contributed by atoms with Gasteiger partial charge in [-0.25, -0.2) is 4.79 Å². The molecule has 5 nitrogen and oxygen atoms in total. The third kappa shape index (κ3) is 4.26. The van der Waals surface area contributed by atoms with Crippen molar-refractivity contribution in [3.8, 4) is 17.1 Å². The van der Waals surface area contributed by atoms with Gasteiger partial charge in [0.2, 0.25) is 0 Å². The average molecular weight is 337 g/mol. The number of carbonyl (C=O) groups excluding carboxylic acids is 1. The number of hydrogen-bond acceptors (Lipinski definition) is 5. The number of nitrogens with zero attached hydrogens (tertiary/aromatic N) is 1. The van der Waals surface area contributed by atoms with E-state index in [-0.39, 0.29) is 5.92 Å². The molecule has 128 valence electrons. The number of carbonyl (C=O) groups is 1. The molecular weight excluding hydrogens is 318 g/mol. The maximum atomic E-state index is 11.1. The summed E-state index contributed by atoms with van der Waals surface area (Å²) in [4.78, 5) is 15.2. The lowest BCUT2D eigenvalue weighted by Gasteiger charge is -2.12. The number of fused-ring (bicyclic) bond motifs is 1. The molecule has 0 N–H and O–H groups in total. The van der Waals surface area contributed by atoms with E-state index in [1.165, 1.54) is 0 Å². The van der Waals surface area contributed by atoms with Crippen LogP contribution < -0.4 is 4.74 Å². The molecule has 0 bridgehead atoms. The monoisotopic (exact) mass is 337 g/mol. The van der Waals surface area contributed by atoms with E-state index in [2.05, 4.69) is 11.6 Å². The van der Waals surface area contributed by atoms with Crippen molar-refractivity contribution >= 4 is 16.9 Å². The molecule has 0 aliphatic carbocycles. The van der Waals surface area contributed by atoms with Crippen molar-refractivity contribution in [1.29, 1.82) is 0 Å². The molecule has 5 heteroatoms. The fraction of sp³-hybridized carbons (Fsp3) is 0.200. The Balaban J connectivity index is 1.65.